The summed E-state index contributed by atoms with van der Waals surface area (Å²) in [4.78, 5) is 12.3. The minimum atomic E-state index is -2.66. The third-order valence-electron chi connectivity index (χ3n) is 4.38. The lowest BCUT2D eigenvalue weighted by molar-refractivity contribution is 0.0256. The van der Waals surface area contributed by atoms with E-state index in [0.29, 0.717) is 18.3 Å². The van der Waals surface area contributed by atoms with Crippen molar-refractivity contribution < 1.29 is 8.78 Å². The molecule has 1 aromatic heterocycles. The molecule has 1 fully saturated rings. The van der Waals surface area contributed by atoms with Gasteiger partial charge >= 0.3 is 0 Å². The summed E-state index contributed by atoms with van der Waals surface area (Å²) in [6.45, 7) is 0.391. The highest BCUT2D eigenvalue weighted by Gasteiger charge is 2.39. The second-order valence-corrected chi connectivity index (χ2v) is 6.04. The molecule has 0 bridgehead atoms. The van der Waals surface area contributed by atoms with Crippen molar-refractivity contribution in [1.29, 1.82) is 0 Å². The molecule has 4 rings (SSSR count). The summed E-state index contributed by atoms with van der Waals surface area (Å²) in [5, 5.41) is 0. The molecule has 0 radical (unpaired) electrons. The molecule has 0 unspecified atom stereocenters. The number of alkyl halides is 2. The molecule has 0 aliphatic carbocycles. The first-order valence-corrected chi connectivity index (χ1v) is 7.79. The number of hydrogen-bond donors (Lipinski definition) is 1. The lowest BCUT2D eigenvalue weighted by atomic mass is 10.1. The van der Waals surface area contributed by atoms with Crippen molar-refractivity contribution >= 4 is 23.0 Å². The van der Waals surface area contributed by atoms with Crippen LogP contribution in [0.3, 0.4) is 0 Å². The van der Waals surface area contributed by atoms with Gasteiger partial charge in [0, 0.05) is 24.2 Å². The van der Waals surface area contributed by atoms with Crippen LogP contribution in [0, 0.1) is 0 Å². The Balaban J connectivity index is 1.71. The number of aliphatic imine (C=N–C) groups is 1. The van der Waals surface area contributed by atoms with Crippen LogP contribution in [0.4, 0.5) is 26.0 Å². The first kappa shape index (κ1) is 14.9. The van der Waals surface area contributed by atoms with Crippen molar-refractivity contribution in [2.24, 2.45) is 10.7 Å². The SMILES string of the molecule is NC1=NCN(c2ccccc2)c2cnc(N3CCC(F)(F)C3)cc21. The van der Waals surface area contributed by atoms with Crippen molar-refractivity contribution in [2.75, 3.05) is 29.6 Å². The van der Waals surface area contributed by atoms with Crippen molar-refractivity contribution in [3.05, 3.63) is 48.2 Å². The van der Waals surface area contributed by atoms with E-state index >= 15 is 0 Å². The predicted molar refractivity (Wildman–Crippen MR) is 90.2 cm³/mol. The molecule has 3 heterocycles. The molecular weight excluding hydrogens is 312 g/mol. The molecule has 7 heteroatoms. The first-order valence-electron chi connectivity index (χ1n) is 7.79. The third kappa shape index (κ3) is 2.55. The summed E-state index contributed by atoms with van der Waals surface area (Å²) in [6, 6.07) is 11.6. The predicted octanol–water partition coefficient (Wildman–Crippen LogP) is 2.74. The van der Waals surface area contributed by atoms with Crippen molar-refractivity contribution in [3.63, 3.8) is 0 Å². The monoisotopic (exact) mass is 329 g/mol. The van der Waals surface area contributed by atoms with E-state index in [9.17, 15) is 8.78 Å². The Bertz CT molecular complexity index is 791. The Morgan fingerprint density at radius 1 is 1.17 bits per heavy atom. The van der Waals surface area contributed by atoms with E-state index < -0.39 is 5.92 Å². The summed E-state index contributed by atoms with van der Waals surface area (Å²) in [7, 11) is 0. The Morgan fingerprint density at radius 2 is 1.96 bits per heavy atom. The van der Waals surface area contributed by atoms with Crippen LogP contribution in [0.25, 0.3) is 0 Å². The molecule has 24 heavy (non-hydrogen) atoms. The molecule has 1 aromatic carbocycles. The third-order valence-corrected chi connectivity index (χ3v) is 4.38. The maximum absolute atomic E-state index is 13.5. The average molecular weight is 329 g/mol. The summed E-state index contributed by atoms with van der Waals surface area (Å²) in [5.41, 5.74) is 8.58. The quantitative estimate of drug-likeness (QED) is 0.920. The topological polar surface area (TPSA) is 57.8 Å². The van der Waals surface area contributed by atoms with E-state index in [2.05, 4.69) is 9.98 Å². The van der Waals surface area contributed by atoms with E-state index in [1.54, 1.807) is 17.2 Å². The van der Waals surface area contributed by atoms with E-state index in [0.717, 1.165) is 16.9 Å². The van der Waals surface area contributed by atoms with E-state index in [1.165, 1.54) is 0 Å². The summed E-state index contributed by atoms with van der Waals surface area (Å²) in [5.74, 6) is -1.74. The molecule has 0 saturated carbocycles. The molecule has 2 aliphatic rings. The standard InChI is InChI=1S/C17H17F2N5/c18-17(19)6-7-23(10-17)15-8-13-14(9-21-15)24(11-22-16(13)20)12-4-2-1-3-5-12/h1-5,8-9H,6-7,10-11H2,(H2,20,22). The Morgan fingerprint density at radius 3 is 2.67 bits per heavy atom. The number of amidine groups is 1. The molecule has 0 atom stereocenters. The van der Waals surface area contributed by atoms with Crippen LogP contribution in [-0.2, 0) is 0 Å². The Hall–Kier alpha value is -2.70. The highest BCUT2D eigenvalue weighted by atomic mass is 19.3. The Kier molecular flexibility index (Phi) is 3.37. The number of benzene rings is 1. The fraction of sp³-hybridized carbons (Fsp3) is 0.294. The lowest BCUT2D eigenvalue weighted by Crippen LogP contribution is -2.31. The minimum Gasteiger partial charge on any atom is -0.383 e. The van der Waals surface area contributed by atoms with Gasteiger partial charge < -0.3 is 15.5 Å². The van der Waals surface area contributed by atoms with E-state index in [4.69, 9.17) is 5.73 Å². The number of hydrogen-bond acceptors (Lipinski definition) is 5. The summed E-state index contributed by atoms with van der Waals surface area (Å²) < 4.78 is 26.9. The van der Waals surface area contributed by atoms with Crippen molar-refractivity contribution in [3.8, 4) is 0 Å². The zero-order valence-electron chi connectivity index (χ0n) is 13.0. The molecule has 2 N–H and O–H groups in total. The average Bonchev–Trinajstić information content (AvgIpc) is 2.96. The molecule has 2 aromatic rings. The Labute approximate surface area is 138 Å². The van der Waals surface area contributed by atoms with Gasteiger partial charge in [-0.25, -0.2) is 18.8 Å². The van der Waals surface area contributed by atoms with Crippen molar-refractivity contribution in [2.45, 2.75) is 12.3 Å². The molecule has 124 valence electrons. The van der Waals surface area contributed by atoms with Gasteiger partial charge in [-0.3, -0.25) is 0 Å². The number of nitrogens with zero attached hydrogens (tertiary/aromatic N) is 4. The number of para-hydroxylation sites is 1. The lowest BCUT2D eigenvalue weighted by Gasteiger charge is -2.29. The number of nitrogens with two attached hydrogens (primary N) is 1. The maximum atomic E-state index is 13.5. The number of pyridine rings is 1. The molecule has 1 saturated heterocycles. The maximum Gasteiger partial charge on any atom is 0.266 e. The van der Waals surface area contributed by atoms with Gasteiger partial charge in [-0.1, -0.05) is 18.2 Å². The highest BCUT2D eigenvalue weighted by Crippen LogP contribution is 2.35. The van der Waals surface area contributed by atoms with Crippen LogP contribution in [0.1, 0.15) is 12.0 Å². The van der Waals surface area contributed by atoms with Gasteiger partial charge in [0.05, 0.1) is 18.4 Å². The second kappa shape index (κ2) is 5.43. The number of halogens is 2. The number of anilines is 3. The van der Waals surface area contributed by atoms with Gasteiger partial charge in [0.15, 0.2) is 0 Å². The molecule has 0 spiro atoms. The molecule has 0 amide bonds. The fourth-order valence-electron chi connectivity index (χ4n) is 3.10. The summed E-state index contributed by atoms with van der Waals surface area (Å²) in [6.07, 6.45) is 1.54. The van der Waals surface area contributed by atoms with Gasteiger partial charge in [0.2, 0.25) is 0 Å². The smallest absolute Gasteiger partial charge is 0.266 e. The summed E-state index contributed by atoms with van der Waals surface area (Å²) >= 11 is 0. The van der Waals surface area contributed by atoms with Crippen LogP contribution in [-0.4, -0.2) is 36.5 Å². The van der Waals surface area contributed by atoms with Gasteiger partial charge in [0.25, 0.3) is 5.92 Å². The van der Waals surface area contributed by atoms with Crippen LogP contribution < -0.4 is 15.5 Å². The molecule has 5 nitrogen and oxygen atoms in total. The van der Waals surface area contributed by atoms with Gasteiger partial charge in [-0.15, -0.1) is 0 Å². The second-order valence-electron chi connectivity index (χ2n) is 6.04. The van der Waals surface area contributed by atoms with Gasteiger partial charge in [-0.05, 0) is 18.2 Å². The molecular formula is C17H17F2N5. The van der Waals surface area contributed by atoms with Crippen molar-refractivity contribution in [1.82, 2.24) is 4.98 Å². The van der Waals surface area contributed by atoms with Crippen LogP contribution in [0.2, 0.25) is 0 Å². The molecule has 2 aliphatic heterocycles. The minimum absolute atomic E-state index is 0.147. The van der Waals surface area contributed by atoms with Crippen LogP contribution in [0.5, 0.6) is 0 Å². The zero-order chi connectivity index (χ0) is 16.7. The number of fused-ring (bicyclic) bond motifs is 1. The van der Waals surface area contributed by atoms with E-state index in [1.807, 2.05) is 35.2 Å². The highest BCUT2D eigenvalue weighted by molar-refractivity contribution is 6.05. The number of rotatable bonds is 2. The van der Waals surface area contributed by atoms with E-state index in [-0.39, 0.29) is 19.5 Å². The van der Waals surface area contributed by atoms with Crippen LogP contribution in [0.15, 0.2) is 47.6 Å². The number of aromatic nitrogens is 1. The zero-order valence-corrected chi connectivity index (χ0v) is 13.0. The normalized spacial score (nSPS) is 19.2. The first-order chi connectivity index (χ1) is 11.5. The van der Waals surface area contributed by atoms with Crippen LogP contribution >= 0.6 is 0 Å². The largest absolute Gasteiger partial charge is 0.383 e. The van der Waals surface area contributed by atoms with Gasteiger partial charge in [0.1, 0.15) is 18.3 Å². The fourth-order valence-corrected chi connectivity index (χ4v) is 3.10. The van der Waals surface area contributed by atoms with Gasteiger partial charge in [-0.2, -0.15) is 0 Å².